The normalized spacial score (nSPS) is 15.5. The second-order valence-corrected chi connectivity index (χ2v) is 8.08. The fourth-order valence-corrected chi connectivity index (χ4v) is 3.75. The van der Waals surface area contributed by atoms with Crippen molar-refractivity contribution < 1.29 is 14.4 Å². The molecule has 0 bridgehead atoms. The predicted octanol–water partition coefficient (Wildman–Crippen LogP) is 4.55. The first-order valence-electron chi connectivity index (χ1n) is 10.6. The molecular formula is C26H25N3O3. The Hall–Kier alpha value is -3.93. The molecule has 3 aromatic carbocycles. The molecule has 1 atom stereocenters. The minimum absolute atomic E-state index is 0.0604. The minimum atomic E-state index is -0.421. The maximum absolute atomic E-state index is 12.7. The van der Waals surface area contributed by atoms with Crippen LogP contribution >= 0.6 is 0 Å². The third-order valence-corrected chi connectivity index (χ3v) is 5.62. The van der Waals surface area contributed by atoms with Crippen molar-refractivity contribution in [3.63, 3.8) is 0 Å². The molecule has 6 nitrogen and oxygen atoms in total. The molecule has 0 aliphatic carbocycles. The molecule has 4 rings (SSSR count). The SMILES string of the molecule is Cc1ccc(C)c(NC(=O)c2ccc(NC(=O)C3CC(=O)N(c4ccccc4)C3)cc2)c1. The predicted molar refractivity (Wildman–Crippen MR) is 126 cm³/mol. The molecule has 1 saturated heterocycles. The van der Waals surface area contributed by atoms with Gasteiger partial charge in [-0.2, -0.15) is 0 Å². The molecule has 2 N–H and O–H groups in total. The van der Waals surface area contributed by atoms with Crippen LogP contribution in [0.25, 0.3) is 0 Å². The summed E-state index contributed by atoms with van der Waals surface area (Å²) in [5.41, 5.74) is 4.72. The molecule has 0 aromatic heterocycles. The Morgan fingerprint density at radius 2 is 1.62 bits per heavy atom. The molecule has 3 amide bonds. The van der Waals surface area contributed by atoms with Crippen LogP contribution in [0.5, 0.6) is 0 Å². The molecule has 3 aromatic rings. The fraction of sp³-hybridized carbons (Fsp3) is 0.192. The van der Waals surface area contributed by atoms with Crippen molar-refractivity contribution in [3.8, 4) is 0 Å². The maximum Gasteiger partial charge on any atom is 0.255 e. The van der Waals surface area contributed by atoms with Crippen molar-refractivity contribution in [2.45, 2.75) is 20.3 Å². The number of carbonyl (C=O) groups is 3. The third-order valence-electron chi connectivity index (χ3n) is 5.62. The molecule has 0 radical (unpaired) electrons. The number of rotatable bonds is 5. The highest BCUT2D eigenvalue weighted by Gasteiger charge is 2.35. The van der Waals surface area contributed by atoms with Gasteiger partial charge in [-0.15, -0.1) is 0 Å². The van der Waals surface area contributed by atoms with Gasteiger partial charge in [0.15, 0.2) is 0 Å². The smallest absolute Gasteiger partial charge is 0.255 e. The Labute approximate surface area is 187 Å². The second-order valence-electron chi connectivity index (χ2n) is 8.08. The van der Waals surface area contributed by atoms with Crippen molar-refractivity contribution in [1.29, 1.82) is 0 Å². The third kappa shape index (κ3) is 4.70. The summed E-state index contributed by atoms with van der Waals surface area (Å²) in [7, 11) is 0. The summed E-state index contributed by atoms with van der Waals surface area (Å²) in [5, 5.41) is 5.79. The quantitative estimate of drug-likeness (QED) is 0.627. The Morgan fingerprint density at radius 1 is 0.906 bits per heavy atom. The molecule has 0 spiro atoms. The van der Waals surface area contributed by atoms with Crippen LogP contribution in [0.3, 0.4) is 0 Å². The molecule has 32 heavy (non-hydrogen) atoms. The first-order valence-corrected chi connectivity index (χ1v) is 10.6. The average molecular weight is 428 g/mol. The van der Waals surface area contributed by atoms with E-state index in [0.717, 1.165) is 22.5 Å². The fourth-order valence-electron chi connectivity index (χ4n) is 3.75. The van der Waals surface area contributed by atoms with E-state index in [4.69, 9.17) is 0 Å². The van der Waals surface area contributed by atoms with Gasteiger partial charge in [-0.05, 0) is 67.4 Å². The van der Waals surface area contributed by atoms with Crippen LogP contribution in [-0.2, 0) is 9.59 Å². The summed E-state index contributed by atoms with van der Waals surface area (Å²) in [6.45, 7) is 4.27. The Kier molecular flexibility index (Phi) is 6.03. The van der Waals surface area contributed by atoms with Gasteiger partial charge in [0.05, 0.1) is 5.92 Å². The molecule has 162 valence electrons. The standard InChI is InChI=1S/C26H25N3O3/c1-17-8-9-18(2)23(14-17)28-25(31)19-10-12-21(13-11-19)27-26(32)20-15-24(30)29(16-20)22-6-4-3-5-7-22/h3-14,20H,15-16H2,1-2H3,(H,27,32)(H,28,31). The highest BCUT2D eigenvalue weighted by molar-refractivity contribution is 6.06. The minimum Gasteiger partial charge on any atom is -0.326 e. The summed E-state index contributed by atoms with van der Waals surface area (Å²) in [5.74, 6) is -0.898. The van der Waals surface area contributed by atoms with Gasteiger partial charge in [0.1, 0.15) is 0 Å². The van der Waals surface area contributed by atoms with Crippen LogP contribution in [0.2, 0.25) is 0 Å². The molecule has 1 fully saturated rings. The topological polar surface area (TPSA) is 78.5 Å². The van der Waals surface area contributed by atoms with Crippen molar-refractivity contribution in [2.75, 3.05) is 22.1 Å². The summed E-state index contributed by atoms with van der Waals surface area (Å²) in [6.07, 6.45) is 0.178. The van der Waals surface area contributed by atoms with E-state index in [1.54, 1.807) is 29.2 Å². The number of anilines is 3. The van der Waals surface area contributed by atoms with Crippen molar-refractivity contribution in [3.05, 3.63) is 89.5 Å². The summed E-state index contributed by atoms with van der Waals surface area (Å²) in [6, 6.07) is 22.0. The Balaban J connectivity index is 1.37. The Morgan fingerprint density at radius 3 is 2.34 bits per heavy atom. The van der Waals surface area contributed by atoms with E-state index >= 15 is 0 Å². The van der Waals surface area contributed by atoms with E-state index in [1.807, 2.05) is 62.4 Å². The van der Waals surface area contributed by atoms with Crippen LogP contribution in [0.15, 0.2) is 72.8 Å². The monoisotopic (exact) mass is 427 g/mol. The van der Waals surface area contributed by atoms with E-state index in [-0.39, 0.29) is 24.1 Å². The zero-order valence-electron chi connectivity index (χ0n) is 18.1. The lowest BCUT2D eigenvalue weighted by molar-refractivity contribution is -0.122. The molecule has 1 heterocycles. The average Bonchev–Trinajstić information content (AvgIpc) is 3.19. The van der Waals surface area contributed by atoms with E-state index in [0.29, 0.717) is 17.8 Å². The summed E-state index contributed by atoms with van der Waals surface area (Å²) >= 11 is 0. The number of hydrogen-bond acceptors (Lipinski definition) is 3. The number of benzene rings is 3. The van der Waals surface area contributed by atoms with E-state index in [9.17, 15) is 14.4 Å². The van der Waals surface area contributed by atoms with Gasteiger partial charge in [-0.1, -0.05) is 30.3 Å². The molecule has 1 unspecified atom stereocenters. The first kappa shape index (κ1) is 21.3. The number of aryl methyl sites for hydroxylation is 2. The van der Waals surface area contributed by atoms with Gasteiger partial charge in [0.2, 0.25) is 11.8 Å². The molecular weight excluding hydrogens is 402 g/mol. The van der Waals surface area contributed by atoms with Gasteiger partial charge < -0.3 is 15.5 Å². The van der Waals surface area contributed by atoms with Gasteiger partial charge in [-0.3, -0.25) is 14.4 Å². The Bertz CT molecular complexity index is 1160. The number of carbonyl (C=O) groups excluding carboxylic acids is 3. The van der Waals surface area contributed by atoms with Crippen molar-refractivity contribution in [2.24, 2.45) is 5.92 Å². The van der Waals surface area contributed by atoms with Gasteiger partial charge in [0.25, 0.3) is 5.91 Å². The van der Waals surface area contributed by atoms with Crippen LogP contribution in [-0.4, -0.2) is 24.3 Å². The lowest BCUT2D eigenvalue weighted by Gasteiger charge is -2.16. The number of nitrogens with zero attached hydrogens (tertiary/aromatic N) is 1. The number of para-hydroxylation sites is 1. The van der Waals surface area contributed by atoms with E-state index in [1.165, 1.54) is 0 Å². The number of nitrogens with one attached hydrogen (secondary N) is 2. The van der Waals surface area contributed by atoms with Gasteiger partial charge in [0, 0.05) is 35.6 Å². The highest BCUT2D eigenvalue weighted by Crippen LogP contribution is 2.26. The van der Waals surface area contributed by atoms with Crippen LogP contribution in [0.4, 0.5) is 17.1 Å². The zero-order chi connectivity index (χ0) is 22.7. The summed E-state index contributed by atoms with van der Waals surface area (Å²) < 4.78 is 0. The second kappa shape index (κ2) is 9.06. The number of hydrogen-bond donors (Lipinski definition) is 2. The first-order chi connectivity index (χ1) is 15.4. The van der Waals surface area contributed by atoms with E-state index < -0.39 is 5.92 Å². The molecule has 6 heteroatoms. The summed E-state index contributed by atoms with van der Waals surface area (Å²) in [4.78, 5) is 39.3. The molecule has 1 aliphatic heterocycles. The molecule has 0 saturated carbocycles. The van der Waals surface area contributed by atoms with Crippen LogP contribution in [0, 0.1) is 19.8 Å². The molecule has 1 aliphatic rings. The van der Waals surface area contributed by atoms with E-state index in [2.05, 4.69) is 10.6 Å². The van der Waals surface area contributed by atoms with Gasteiger partial charge in [-0.25, -0.2) is 0 Å². The van der Waals surface area contributed by atoms with Crippen LogP contribution in [0.1, 0.15) is 27.9 Å². The zero-order valence-corrected chi connectivity index (χ0v) is 18.1. The largest absolute Gasteiger partial charge is 0.326 e. The number of amides is 3. The maximum atomic E-state index is 12.7. The van der Waals surface area contributed by atoms with Crippen molar-refractivity contribution in [1.82, 2.24) is 0 Å². The van der Waals surface area contributed by atoms with Gasteiger partial charge >= 0.3 is 0 Å². The van der Waals surface area contributed by atoms with Crippen LogP contribution < -0.4 is 15.5 Å². The van der Waals surface area contributed by atoms with Crippen molar-refractivity contribution >= 4 is 34.8 Å². The highest BCUT2D eigenvalue weighted by atomic mass is 16.2. The lowest BCUT2D eigenvalue weighted by Crippen LogP contribution is -2.28. The lowest BCUT2D eigenvalue weighted by atomic mass is 10.1.